The Morgan fingerprint density at radius 3 is 2.38 bits per heavy atom. The Morgan fingerprint density at radius 1 is 1.14 bits per heavy atom. The number of rotatable bonds is 1. The predicted molar refractivity (Wildman–Crippen MR) is 74.0 cm³/mol. The Balaban J connectivity index is 1.71. The van der Waals surface area contributed by atoms with Crippen LogP contribution in [0.2, 0.25) is 0 Å². The standard InChI is InChI=1S/C15H16N2O4/c18-12-3-1-11(2-4-12)17-13(19)15(21-14(17)20)9-16-7-5-10(15)6-8-16/h1-4,10,18H,5-9H2. The quantitative estimate of drug-likeness (QED) is 0.844. The number of anilines is 1. The van der Waals surface area contributed by atoms with E-state index < -0.39 is 11.7 Å². The topological polar surface area (TPSA) is 70.1 Å². The number of aromatic hydroxyl groups is 1. The molecule has 6 nitrogen and oxygen atoms in total. The highest BCUT2D eigenvalue weighted by Gasteiger charge is 2.62. The van der Waals surface area contributed by atoms with Crippen LogP contribution in [0, 0.1) is 5.92 Å². The maximum atomic E-state index is 12.9. The van der Waals surface area contributed by atoms with Crippen LogP contribution >= 0.6 is 0 Å². The minimum Gasteiger partial charge on any atom is -0.508 e. The molecule has 4 heterocycles. The van der Waals surface area contributed by atoms with E-state index in [1.54, 1.807) is 12.1 Å². The number of phenols is 1. The molecule has 1 spiro atoms. The summed E-state index contributed by atoms with van der Waals surface area (Å²) in [5, 5.41) is 9.33. The number of carbonyl (C=O) groups excluding carboxylic acids is 2. The fraction of sp³-hybridized carbons (Fsp3) is 0.467. The monoisotopic (exact) mass is 288 g/mol. The summed E-state index contributed by atoms with van der Waals surface area (Å²) in [7, 11) is 0. The van der Waals surface area contributed by atoms with Crippen LogP contribution in [0.4, 0.5) is 10.5 Å². The molecule has 1 aromatic rings. The molecule has 1 aromatic carbocycles. The van der Waals surface area contributed by atoms with Gasteiger partial charge in [0.2, 0.25) is 5.60 Å². The molecule has 110 valence electrons. The first kappa shape index (κ1) is 12.6. The molecule has 0 aromatic heterocycles. The highest BCUT2D eigenvalue weighted by atomic mass is 16.6. The first-order valence-electron chi connectivity index (χ1n) is 7.19. The van der Waals surface area contributed by atoms with Crippen molar-refractivity contribution in [1.82, 2.24) is 4.90 Å². The van der Waals surface area contributed by atoms with Gasteiger partial charge in [0.15, 0.2) is 0 Å². The Bertz CT molecular complexity index is 607. The van der Waals surface area contributed by atoms with E-state index in [1.165, 1.54) is 12.1 Å². The van der Waals surface area contributed by atoms with Crippen LogP contribution in [0.15, 0.2) is 24.3 Å². The Kier molecular flexibility index (Phi) is 2.53. The van der Waals surface area contributed by atoms with Crippen molar-refractivity contribution >= 4 is 17.7 Å². The lowest BCUT2D eigenvalue weighted by atomic mass is 9.75. The van der Waals surface area contributed by atoms with E-state index in [0.717, 1.165) is 30.8 Å². The zero-order chi connectivity index (χ0) is 14.6. The molecule has 4 saturated heterocycles. The van der Waals surface area contributed by atoms with Gasteiger partial charge in [-0.05, 0) is 50.2 Å². The molecule has 2 bridgehead atoms. The lowest BCUT2D eigenvalue weighted by Crippen LogP contribution is -2.63. The van der Waals surface area contributed by atoms with E-state index >= 15 is 0 Å². The van der Waals surface area contributed by atoms with E-state index in [9.17, 15) is 14.7 Å². The number of phenolic OH excluding ortho intramolecular Hbond substituents is 1. The number of imide groups is 1. The second kappa shape index (κ2) is 4.21. The van der Waals surface area contributed by atoms with Crippen molar-refractivity contribution in [2.45, 2.75) is 18.4 Å². The van der Waals surface area contributed by atoms with Crippen molar-refractivity contribution in [2.75, 3.05) is 24.5 Å². The molecular weight excluding hydrogens is 272 g/mol. The fourth-order valence-corrected chi connectivity index (χ4v) is 3.72. The number of hydrogen-bond acceptors (Lipinski definition) is 5. The second-order valence-corrected chi connectivity index (χ2v) is 5.96. The van der Waals surface area contributed by atoms with Gasteiger partial charge in [0.1, 0.15) is 5.75 Å². The molecule has 0 aliphatic carbocycles. The molecular formula is C15H16N2O4. The van der Waals surface area contributed by atoms with Gasteiger partial charge in [-0.15, -0.1) is 0 Å². The lowest BCUT2D eigenvalue weighted by molar-refractivity contribution is -0.148. The molecule has 0 saturated carbocycles. The highest BCUT2D eigenvalue weighted by Crippen LogP contribution is 2.44. The van der Waals surface area contributed by atoms with Crippen LogP contribution in [0.25, 0.3) is 0 Å². The van der Waals surface area contributed by atoms with Crippen molar-refractivity contribution in [3.05, 3.63) is 24.3 Å². The van der Waals surface area contributed by atoms with Gasteiger partial charge in [-0.25, -0.2) is 9.69 Å². The lowest BCUT2D eigenvalue weighted by Gasteiger charge is -2.48. The van der Waals surface area contributed by atoms with E-state index in [2.05, 4.69) is 4.90 Å². The molecule has 4 aliphatic heterocycles. The number of carbonyl (C=O) groups is 2. The molecule has 21 heavy (non-hydrogen) atoms. The van der Waals surface area contributed by atoms with Crippen LogP contribution < -0.4 is 4.90 Å². The van der Waals surface area contributed by atoms with Crippen LogP contribution in [0.5, 0.6) is 5.75 Å². The average Bonchev–Trinajstić information content (AvgIpc) is 2.72. The minimum absolute atomic E-state index is 0.0938. The summed E-state index contributed by atoms with van der Waals surface area (Å²) in [4.78, 5) is 28.4. The van der Waals surface area contributed by atoms with E-state index in [-0.39, 0.29) is 17.6 Å². The van der Waals surface area contributed by atoms with Gasteiger partial charge in [-0.2, -0.15) is 0 Å². The van der Waals surface area contributed by atoms with Crippen LogP contribution in [0.3, 0.4) is 0 Å². The van der Waals surface area contributed by atoms with Crippen molar-refractivity contribution in [2.24, 2.45) is 5.92 Å². The third-order valence-corrected chi connectivity index (χ3v) is 4.83. The molecule has 4 fully saturated rings. The number of nitrogens with zero attached hydrogens (tertiary/aromatic N) is 2. The Morgan fingerprint density at radius 2 is 1.81 bits per heavy atom. The third-order valence-electron chi connectivity index (χ3n) is 4.83. The van der Waals surface area contributed by atoms with Crippen molar-refractivity contribution in [3.63, 3.8) is 0 Å². The van der Waals surface area contributed by atoms with Crippen molar-refractivity contribution < 1.29 is 19.4 Å². The number of piperidine rings is 3. The van der Waals surface area contributed by atoms with Gasteiger partial charge in [-0.1, -0.05) is 0 Å². The first-order chi connectivity index (χ1) is 10.1. The number of benzene rings is 1. The fourth-order valence-electron chi connectivity index (χ4n) is 3.72. The van der Waals surface area contributed by atoms with Gasteiger partial charge in [0.25, 0.3) is 5.91 Å². The zero-order valence-corrected chi connectivity index (χ0v) is 11.5. The molecule has 5 rings (SSSR count). The number of hydrogen-bond donors (Lipinski definition) is 1. The van der Waals surface area contributed by atoms with Gasteiger partial charge >= 0.3 is 6.09 Å². The van der Waals surface area contributed by atoms with Crippen LogP contribution in [-0.4, -0.2) is 47.2 Å². The van der Waals surface area contributed by atoms with E-state index in [4.69, 9.17) is 4.74 Å². The van der Waals surface area contributed by atoms with Gasteiger partial charge < -0.3 is 9.84 Å². The molecule has 1 unspecified atom stereocenters. The number of amides is 2. The molecule has 6 heteroatoms. The maximum absolute atomic E-state index is 12.9. The van der Waals surface area contributed by atoms with Gasteiger partial charge in [-0.3, -0.25) is 9.69 Å². The zero-order valence-electron chi connectivity index (χ0n) is 11.5. The molecule has 1 atom stereocenters. The molecule has 0 radical (unpaired) electrons. The maximum Gasteiger partial charge on any atom is 0.422 e. The SMILES string of the molecule is O=C1OC2(CN3CCC2CC3)C(=O)N1c1ccc(O)cc1. The van der Waals surface area contributed by atoms with E-state index in [1.807, 2.05) is 0 Å². The second-order valence-electron chi connectivity index (χ2n) is 5.96. The summed E-state index contributed by atoms with van der Waals surface area (Å²) in [6, 6.07) is 6.01. The molecule has 2 amide bonds. The van der Waals surface area contributed by atoms with Crippen LogP contribution in [0.1, 0.15) is 12.8 Å². The third kappa shape index (κ3) is 1.68. The smallest absolute Gasteiger partial charge is 0.422 e. The summed E-state index contributed by atoms with van der Waals surface area (Å²) in [5.41, 5.74) is -0.568. The predicted octanol–water partition coefficient (Wildman–Crippen LogP) is 1.34. The summed E-state index contributed by atoms with van der Waals surface area (Å²) < 4.78 is 5.57. The highest BCUT2D eigenvalue weighted by molar-refractivity contribution is 6.20. The summed E-state index contributed by atoms with van der Waals surface area (Å²) in [6.45, 7) is 2.43. The van der Waals surface area contributed by atoms with E-state index in [0.29, 0.717) is 12.2 Å². The molecule has 1 N–H and O–H groups in total. The number of fused-ring (bicyclic) bond motifs is 2. The molecule has 4 aliphatic rings. The first-order valence-corrected chi connectivity index (χ1v) is 7.19. The van der Waals surface area contributed by atoms with Crippen molar-refractivity contribution in [3.8, 4) is 5.75 Å². The Labute approximate surface area is 121 Å². The summed E-state index contributed by atoms with van der Waals surface area (Å²) in [6.07, 6.45) is 1.17. The van der Waals surface area contributed by atoms with Crippen LogP contribution in [-0.2, 0) is 9.53 Å². The Hall–Kier alpha value is -2.08. The van der Waals surface area contributed by atoms with Gasteiger partial charge in [0.05, 0.1) is 5.69 Å². The average molecular weight is 288 g/mol. The largest absolute Gasteiger partial charge is 0.508 e. The van der Waals surface area contributed by atoms with Crippen molar-refractivity contribution in [1.29, 1.82) is 0 Å². The minimum atomic E-state index is -1.01. The van der Waals surface area contributed by atoms with Gasteiger partial charge in [0, 0.05) is 12.5 Å². The summed E-state index contributed by atoms with van der Waals surface area (Å²) >= 11 is 0. The number of ether oxygens (including phenoxy) is 1. The summed E-state index contributed by atoms with van der Waals surface area (Å²) in [5.74, 6) is -0.0648. The normalized spacial score (nSPS) is 34.6.